The number of para-hydroxylation sites is 4. The van der Waals surface area contributed by atoms with Crippen LogP contribution in [0, 0.1) is 11.8 Å². The van der Waals surface area contributed by atoms with Crippen molar-refractivity contribution in [1.82, 2.24) is 9.13 Å². The summed E-state index contributed by atoms with van der Waals surface area (Å²) < 4.78 is 4.99. The van der Waals surface area contributed by atoms with Gasteiger partial charge in [0.05, 0.1) is 22.1 Å². The molecule has 0 bridgehead atoms. The zero-order valence-electron chi connectivity index (χ0n) is 41.5. The van der Waals surface area contributed by atoms with Crippen molar-refractivity contribution in [2.45, 2.75) is 116 Å². The third-order valence-electron chi connectivity index (χ3n) is 16.5. The summed E-state index contributed by atoms with van der Waals surface area (Å²) >= 11 is 0. The summed E-state index contributed by atoms with van der Waals surface area (Å²) in [6, 6.07) is 64.6. The molecule has 0 saturated carbocycles. The van der Waals surface area contributed by atoms with Gasteiger partial charge in [-0.1, -0.05) is 188 Å². The highest BCUT2D eigenvalue weighted by Crippen LogP contribution is 2.57. The number of hydrogen-bond donors (Lipinski definition) is 0. The molecule has 0 unspecified atom stereocenters. The van der Waals surface area contributed by atoms with Gasteiger partial charge in [-0.05, 0) is 143 Å². The predicted octanol–water partition coefficient (Wildman–Crippen LogP) is 18.6. The van der Waals surface area contributed by atoms with E-state index in [-0.39, 0.29) is 10.8 Å². The third-order valence-corrected chi connectivity index (χ3v) is 16.5. The summed E-state index contributed by atoms with van der Waals surface area (Å²) in [5.74, 6) is 7.54. The van der Waals surface area contributed by atoms with Gasteiger partial charge in [0.2, 0.25) is 0 Å². The molecule has 2 heterocycles. The molecule has 12 rings (SSSR count). The van der Waals surface area contributed by atoms with Crippen LogP contribution in [0.4, 0.5) is 0 Å². The highest BCUT2D eigenvalue weighted by atomic mass is 15.0. The topological polar surface area (TPSA) is 9.86 Å². The first kappa shape index (κ1) is 44.1. The summed E-state index contributed by atoms with van der Waals surface area (Å²) in [6.07, 6.45) is 14.0. The number of hydrogen-bond acceptors (Lipinski definition) is 0. The van der Waals surface area contributed by atoms with Crippen molar-refractivity contribution >= 4 is 43.6 Å². The monoisotopic (exact) mass is 909 g/mol. The molecule has 70 heavy (non-hydrogen) atoms. The van der Waals surface area contributed by atoms with Crippen molar-refractivity contribution in [3.05, 3.63) is 203 Å². The third kappa shape index (κ3) is 6.91. The van der Waals surface area contributed by atoms with Gasteiger partial charge in [-0.2, -0.15) is 0 Å². The average molecular weight is 909 g/mol. The van der Waals surface area contributed by atoms with Crippen molar-refractivity contribution in [2.24, 2.45) is 0 Å². The van der Waals surface area contributed by atoms with Crippen molar-refractivity contribution in [2.75, 3.05) is 0 Å². The summed E-state index contributed by atoms with van der Waals surface area (Å²) in [7, 11) is 0. The minimum Gasteiger partial charge on any atom is -0.309 e. The second-order valence-electron chi connectivity index (χ2n) is 20.5. The van der Waals surface area contributed by atoms with E-state index in [9.17, 15) is 0 Å². The van der Waals surface area contributed by atoms with E-state index in [1.807, 2.05) is 0 Å². The Kier molecular flexibility index (Phi) is 11.4. The summed E-state index contributed by atoms with van der Waals surface area (Å²) in [4.78, 5) is 0. The van der Waals surface area contributed by atoms with Crippen LogP contribution in [0.25, 0.3) is 77.2 Å². The highest BCUT2D eigenvalue weighted by Gasteiger charge is 2.44. The Morgan fingerprint density at radius 1 is 0.329 bits per heavy atom. The Morgan fingerprint density at radius 2 is 0.614 bits per heavy atom. The molecule has 2 aliphatic carbocycles. The van der Waals surface area contributed by atoms with Crippen LogP contribution in [0.3, 0.4) is 0 Å². The van der Waals surface area contributed by atoms with E-state index in [1.165, 1.54) is 151 Å². The molecular weight excluding hydrogens is 845 g/mol. The lowest BCUT2D eigenvalue weighted by Crippen LogP contribution is -2.26. The van der Waals surface area contributed by atoms with Gasteiger partial charge < -0.3 is 9.13 Å². The lowest BCUT2D eigenvalue weighted by atomic mass is 9.70. The lowest BCUT2D eigenvalue weighted by molar-refractivity contribution is 0.414. The van der Waals surface area contributed by atoms with Gasteiger partial charge in [-0.15, -0.1) is 0 Å². The van der Waals surface area contributed by atoms with Crippen LogP contribution >= 0.6 is 0 Å². The zero-order valence-corrected chi connectivity index (χ0v) is 41.5. The predicted molar refractivity (Wildman–Crippen MR) is 298 cm³/mol. The van der Waals surface area contributed by atoms with Crippen LogP contribution in [-0.2, 0) is 10.8 Å². The molecule has 0 fully saturated rings. The smallest absolute Gasteiger partial charge is 0.0541 e. The molecule has 2 aromatic heterocycles. The van der Waals surface area contributed by atoms with Gasteiger partial charge in [0.15, 0.2) is 0 Å². The fourth-order valence-corrected chi connectivity index (χ4v) is 13.2. The molecule has 8 aromatic carbocycles. The van der Waals surface area contributed by atoms with E-state index in [2.05, 4.69) is 219 Å². The van der Waals surface area contributed by atoms with Crippen LogP contribution in [0.2, 0.25) is 0 Å². The van der Waals surface area contributed by atoms with Crippen LogP contribution in [0.15, 0.2) is 170 Å². The second kappa shape index (κ2) is 18.0. The van der Waals surface area contributed by atoms with Crippen molar-refractivity contribution < 1.29 is 0 Å². The first-order valence-corrected chi connectivity index (χ1v) is 26.6. The maximum absolute atomic E-state index is 3.77. The van der Waals surface area contributed by atoms with Crippen LogP contribution in [0.5, 0.6) is 0 Å². The molecular formula is C68H64N2. The molecule has 0 atom stereocenters. The molecule has 0 spiro atoms. The number of unbranched alkanes of at least 4 members (excludes halogenated alkanes) is 4. The van der Waals surface area contributed by atoms with Gasteiger partial charge in [-0.3, -0.25) is 0 Å². The van der Waals surface area contributed by atoms with E-state index < -0.39 is 0 Å². The molecule has 2 nitrogen and oxygen atoms in total. The molecule has 346 valence electrons. The quantitative estimate of drug-likeness (QED) is 0.0962. The van der Waals surface area contributed by atoms with Crippen molar-refractivity contribution in [3.8, 4) is 45.5 Å². The number of fused-ring (bicyclic) bond motifs is 12. The minimum atomic E-state index is -0.0707. The summed E-state index contributed by atoms with van der Waals surface area (Å²) in [5.41, 5.74) is 21.1. The van der Waals surface area contributed by atoms with Gasteiger partial charge in [-0.25, -0.2) is 0 Å². The van der Waals surface area contributed by atoms with Gasteiger partial charge in [0.1, 0.15) is 0 Å². The van der Waals surface area contributed by atoms with E-state index in [0.29, 0.717) is 0 Å². The van der Waals surface area contributed by atoms with Crippen molar-refractivity contribution in [1.29, 1.82) is 0 Å². The number of benzene rings is 8. The molecule has 10 aromatic rings. The van der Waals surface area contributed by atoms with Crippen LogP contribution in [0.1, 0.15) is 138 Å². The van der Waals surface area contributed by atoms with Gasteiger partial charge in [0.25, 0.3) is 0 Å². The Labute approximate surface area is 415 Å². The molecule has 0 aliphatic heterocycles. The standard InChI is InChI=1S/C68H64N2/c1-5-9-39-67(40-10-6-2)59-43-47(31-35-51(59)53-37-33-49(45-61(53)67)69-63-25-17-13-21-55(63)56-22-14-18-26-64(56)69)29-30-48-32-36-52-54-38-34-50(46-62(54)68(41-11-7-3,42-12-8-4)60(52)44-48)70-65-27-19-15-23-57(65)58-24-16-20-28-66(58)70/h13-28,31-38,43-46H,5-12,39-42H2,1-4H3. The number of rotatable bonds is 14. The first-order chi connectivity index (χ1) is 34.5. The van der Waals surface area contributed by atoms with E-state index in [1.54, 1.807) is 0 Å². The SMILES string of the molecule is CCCCC1(CCCC)c2cc(C#Cc3ccc4c(c3)C(CCCC)(CCCC)c3cc(-n5c6ccccc6c6ccccc65)ccc3-4)ccc2-c2ccc(-n3c4ccccc4c4ccccc43)cc21. The Morgan fingerprint density at radius 3 is 0.929 bits per heavy atom. The zero-order chi connectivity index (χ0) is 47.4. The van der Waals surface area contributed by atoms with E-state index in [0.717, 1.165) is 36.8 Å². The summed E-state index contributed by atoms with van der Waals surface area (Å²) in [6.45, 7) is 9.39. The van der Waals surface area contributed by atoms with Gasteiger partial charge in [0, 0.05) is 54.9 Å². The highest BCUT2D eigenvalue weighted by molar-refractivity contribution is 6.10. The fourth-order valence-electron chi connectivity index (χ4n) is 13.2. The van der Waals surface area contributed by atoms with Crippen LogP contribution < -0.4 is 0 Å². The molecule has 0 N–H and O–H groups in total. The second-order valence-corrected chi connectivity index (χ2v) is 20.5. The summed E-state index contributed by atoms with van der Waals surface area (Å²) in [5, 5.41) is 5.22. The number of nitrogens with zero attached hydrogens (tertiary/aromatic N) is 2. The van der Waals surface area contributed by atoms with Gasteiger partial charge >= 0.3 is 0 Å². The Hall–Kier alpha value is -7.08. The van der Waals surface area contributed by atoms with Crippen molar-refractivity contribution in [3.63, 3.8) is 0 Å². The van der Waals surface area contributed by atoms with E-state index in [4.69, 9.17) is 0 Å². The maximum atomic E-state index is 3.77. The Balaban J connectivity index is 0.952. The normalized spacial score (nSPS) is 13.9. The average Bonchev–Trinajstić information content (AvgIpc) is 4.10. The van der Waals surface area contributed by atoms with Crippen LogP contribution in [-0.4, -0.2) is 9.13 Å². The molecule has 0 radical (unpaired) electrons. The molecule has 0 saturated heterocycles. The molecule has 0 amide bonds. The van der Waals surface area contributed by atoms with E-state index >= 15 is 0 Å². The minimum absolute atomic E-state index is 0.0707. The molecule has 2 aliphatic rings. The number of aromatic nitrogens is 2. The Bertz CT molecular complexity index is 3330. The lowest BCUT2D eigenvalue weighted by Gasteiger charge is -2.33. The maximum Gasteiger partial charge on any atom is 0.0541 e. The largest absolute Gasteiger partial charge is 0.309 e. The fraction of sp³-hybridized carbons (Fsp3) is 0.265. The molecule has 2 heteroatoms. The first-order valence-electron chi connectivity index (χ1n) is 26.6.